The molecule has 0 aliphatic carbocycles. The number of nitrogens with one attached hydrogen (secondary N) is 1. The second kappa shape index (κ2) is 7.48. The standard InChI is InChI=1S/C22H20N2O3S/c1-13(2)24-18-11-19(28-20(18)22(25)26-3)15-6-4-14(5-7-15)17-10-16-8-9-27-21(16)23-12-17/h4-13,24H,1-3H3. The molecule has 0 fully saturated rings. The average molecular weight is 392 g/mol. The predicted molar refractivity (Wildman–Crippen MR) is 113 cm³/mol. The summed E-state index contributed by atoms with van der Waals surface area (Å²) in [7, 11) is 1.40. The molecule has 0 radical (unpaired) electrons. The third kappa shape index (κ3) is 3.51. The van der Waals surface area contributed by atoms with Crippen LogP contribution in [0.15, 0.2) is 59.3 Å². The van der Waals surface area contributed by atoms with Crippen molar-refractivity contribution in [3.63, 3.8) is 0 Å². The highest BCUT2D eigenvalue weighted by Crippen LogP contribution is 2.36. The molecule has 0 bridgehead atoms. The second-order valence-corrected chi connectivity index (χ2v) is 7.81. The van der Waals surface area contributed by atoms with Crippen molar-refractivity contribution in [1.29, 1.82) is 0 Å². The second-order valence-electron chi connectivity index (χ2n) is 6.76. The van der Waals surface area contributed by atoms with E-state index in [2.05, 4.69) is 40.6 Å². The lowest BCUT2D eigenvalue weighted by molar-refractivity contribution is 0.0607. The van der Waals surface area contributed by atoms with Crippen LogP contribution in [0, 0.1) is 0 Å². The molecular weight excluding hydrogens is 372 g/mol. The highest BCUT2D eigenvalue weighted by atomic mass is 32.1. The smallest absolute Gasteiger partial charge is 0.350 e. The van der Waals surface area contributed by atoms with E-state index in [4.69, 9.17) is 9.15 Å². The van der Waals surface area contributed by atoms with Gasteiger partial charge >= 0.3 is 5.97 Å². The summed E-state index contributed by atoms with van der Waals surface area (Å²) in [5.74, 6) is -0.324. The lowest BCUT2D eigenvalue weighted by atomic mass is 10.0. The van der Waals surface area contributed by atoms with E-state index in [9.17, 15) is 4.79 Å². The Morgan fingerprint density at radius 1 is 1.11 bits per heavy atom. The molecule has 0 aliphatic heterocycles. The van der Waals surface area contributed by atoms with Crippen molar-refractivity contribution < 1.29 is 13.9 Å². The van der Waals surface area contributed by atoms with E-state index in [1.54, 1.807) is 6.26 Å². The number of thiophene rings is 1. The van der Waals surface area contributed by atoms with Crippen LogP contribution in [0.2, 0.25) is 0 Å². The number of fused-ring (bicyclic) bond motifs is 1. The van der Waals surface area contributed by atoms with E-state index in [-0.39, 0.29) is 12.0 Å². The molecule has 4 aromatic rings. The Hall–Kier alpha value is -3.12. The maximum absolute atomic E-state index is 12.1. The molecule has 142 valence electrons. The molecule has 4 rings (SSSR count). The van der Waals surface area contributed by atoms with Gasteiger partial charge in [-0.25, -0.2) is 9.78 Å². The first-order valence-electron chi connectivity index (χ1n) is 8.98. The van der Waals surface area contributed by atoms with Crippen molar-refractivity contribution in [2.45, 2.75) is 19.9 Å². The van der Waals surface area contributed by atoms with Gasteiger partial charge in [0.05, 0.1) is 19.1 Å². The summed E-state index contributed by atoms with van der Waals surface area (Å²) < 4.78 is 10.2. The van der Waals surface area contributed by atoms with Crippen LogP contribution in [0.5, 0.6) is 0 Å². The Balaban J connectivity index is 1.66. The van der Waals surface area contributed by atoms with Crippen LogP contribution in [0.25, 0.3) is 32.7 Å². The quantitative estimate of drug-likeness (QED) is 0.433. The Morgan fingerprint density at radius 2 is 1.86 bits per heavy atom. The van der Waals surface area contributed by atoms with Crippen LogP contribution in [-0.2, 0) is 4.74 Å². The summed E-state index contributed by atoms with van der Waals surface area (Å²) in [5.41, 5.74) is 4.60. The van der Waals surface area contributed by atoms with E-state index < -0.39 is 0 Å². The Kier molecular flexibility index (Phi) is 4.88. The van der Waals surface area contributed by atoms with Crippen LogP contribution >= 0.6 is 11.3 Å². The van der Waals surface area contributed by atoms with Crippen LogP contribution in [-0.4, -0.2) is 24.1 Å². The van der Waals surface area contributed by atoms with Crippen LogP contribution in [0.1, 0.15) is 23.5 Å². The fraction of sp³-hybridized carbons (Fsp3) is 0.182. The van der Waals surface area contributed by atoms with Gasteiger partial charge in [-0.3, -0.25) is 0 Å². The van der Waals surface area contributed by atoms with Gasteiger partial charge in [0.1, 0.15) is 4.88 Å². The molecule has 0 spiro atoms. The van der Waals surface area contributed by atoms with E-state index >= 15 is 0 Å². The minimum atomic E-state index is -0.324. The maximum atomic E-state index is 12.1. The zero-order chi connectivity index (χ0) is 19.7. The molecule has 6 heteroatoms. The zero-order valence-electron chi connectivity index (χ0n) is 15.9. The number of carbonyl (C=O) groups excluding carboxylic acids is 1. The highest BCUT2D eigenvalue weighted by Gasteiger charge is 2.18. The maximum Gasteiger partial charge on any atom is 0.350 e. The summed E-state index contributed by atoms with van der Waals surface area (Å²) >= 11 is 1.43. The summed E-state index contributed by atoms with van der Waals surface area (Å²) in [5, 5.41) is 4.30. The van der Waals surface area contributed by atoms with Gasteiger partial charge in [0.25, 0.3) is 0 Å². The Morgan fingerprint density at radius 3 is 2.57 bits per heavy atom. The minimum absolute atomic E-state index is 0.221. The molecule has 1 aromatic carbocycles. The van der Waals surface area contributed by atoms with E-state index in [1.807, 2.05) is 32.2 Å². The monoisotopic (exact) mass is 392 g/mol. The molecule has 3 heterocycles. The lowest BCUT2D eigenvalue weighted by Crippen LogP contribution is -2.12. The SMILES string of the molecule is COC(=O)c1sc(-c2ccc(-c3cnc4occc4c3)cc2)cc1NC(C)C. The first-order valence-corrected chi connectivity index (χ1v) is 9.79. The van der Waals surface area contributed by atoms with Gasteiger partial charge in [0.2, 0.25) is 5.71 Å². The number of hydrogen-bond donors (Lipinski definition) is 1. The summed E-state index contributed by atoms with van der Waals surface area (Å²) in [6.07, 6.45) is 3.45. The molecule has 0 atom stereocenters. The molecule has 0 amide bonds. The molecule has 0 saturated carbocycles. The molecule has 0 aliphatic rings. The van der Waals surface area contributed by atoms with Gasteiger partial charge in [-0.1, -0.05) is 24.3 Å². The third-order valence-corrected chi connectivity index (χ3v) is 5.52. The first-order chi connectivity index (χ1) is 13.5. The molecule has 28 heavy (non-hydrogen) atoms. The summed E-state index contributed by atoms with van der Waals surface area (Å²) in [6.45, 7) is 4.08. The summed E-state index contributed by atoms with van der Waals surface area (Å²) in [6, 6.07) is 14.4. The molecular formula is C22H20N2O3S. The number of benzene rings is 1. The lowest BCUT2D eigenvalue weighted by Gasteiger charge is -2.09. The number of esters is 1. The van der Waals surface area contributed by atoms with Crippen LogP contribution in [0.4, 0.5) is 5.69 Å². The fourth-order valence-electron chi connectivity index (χ4n) is 3.04. The highest BCUT2D eigenvalue weighted by molar-refractivity contribution is 7.18. The number of anilines is 1. The van der Waals surface area contributed by atoms with Gasteiger partial charge in [-0.05, 0) is 43.2 Å². The van der Waals surface area contributed by atoms with E-state index in [0.29, 0.717) is 10.6 Å². The number of hydrogen-bond acceptors (Lipinski definition) is 6. The molecule has 3 aromatic heterocycles. The molecule has 5 nitrogen and oxygen atoms in total. The number of nitrogens with zero attached hydrogens (tertiary/aromatic N) is 1. The van der Waals surface area contributed by atoms with E-state index in [1.165, 1.54) is 18.4 Å². The molecule has 0 unspecified atom stereocenters. The fourth-order valence-corrected chi connectivity index (χ4v) is 4.08. The zero-order valence-corrected chi connectivity index (χ0v) is 16.7. The normalized spacial score (nSPS) is 11.1. The topological polar surface area (TPSA) is 64.4 Å². The van der Waals surface area contributed by atoms with Crippen molar-refractivity contribution in [1.82, 2.24) is 4.98 Å². The number of furan rings is 1. The summed E-state index contributed by atoms with van der Waals surface area (Å²) in [4.78, 5) is 18.1. The minimum Gasteiger partial charge on any atom is -0.465 e. The van der Waals surface area contributed by atoms with Crippen molar-refractivity contribution in [2.75, 3.05) is 12.4 Å². The number of ether oxygens (including phenoxy) is 1. The van der Waals surface area contributed by atoms with Gasteiger partial charge < -0.3 is 14.5 Å². The van der Waals surface area contributed by atoms with Crippen molar-refractivity contribution >= 4 is 34.1 Å². The number of rotatable bonds is 5. The van der Waals surface area contributed by atoms with Crippen molar-refractivity contribution in [3.8, 4) is 21.6 Å². The average Bonchev–Trinajstić information content (AvgIpc) is 3.33. The molecule has 0 saturated heterocycles. The predicted octanol–water partition coefficient (Wildman–Crippen LogP) is 5.83. The van der Waals surface area contributed by atoms with Crippen LogP contribution < -0.4 is 5.32 Å². The van der Waals surface area contributed by atoms with Gasteiger partial charge in [-0.15, -0.1) is 11.3 Å². The number of pyridine rings is 1. The first kappa shape index (κ1) is 18.3. The van der Waals surface area contributed by atoms with Gasteiger partial charge in [0, 0.05) is 28.1 Å². The van der Waals surface area contributed by atoms with Gasteiger partial charge in [0.15, 0.2) is 0 Å². The number of carbonyl (C=O) groups is 1. The van der Waals surface area contributed by atoms with Crippen molar-refractivity contribution in [2.24, 2.45) is 0 Å². The molecule has 1 N–H and O–H groups in total. The van der Waals surface area contributed by atoms with E-state index in [0.717, 1.165) is 32.6 Å². The Labute approximate surface area is 167 Å². The Bertz CT molecular complexity index is 1130. The number of aromatic nitrogens is 1. The number of methoxy groups -OCH3 is 1. The van der Waals surface area contributed by atoms with Crippen LogP contribution in [0.3, 0.4) is 0 Å². The third-order valence-electron chi connectivity index (χ3n) is 4.36. The van der Waals surface area contributed by atoms with Gasteiger partial charge in [-0.2, -0.15) is 0 Å². The largest absolute Gasteiger partial charge is 0.465 e. The van der Waals surface area contributed by atoms with Crippen molar-refractivity contribution in [3.05, 3.63) is 59.8 Å².